The van der Waals surface area contributed by atoms with Crippen LogP contribution in [0.15, 0.2) is 59.6 Å². The van der Waals surface area contributed by atoms with Gasteiger partial charge in [-0.2, -0.15) is 5.26 Å². The van der Waals surface area contributed by atoms with Crippen LogP contribution < -0.4 is 5.32 Å². The number of nitrogens with one attached hydrogen (secondary N) is 1. The lowest BCUT2D eigenvalue weighted by molar-refractivity contribution is -0.127. The fourth-order valence-electron chi connectivity index (χ4n) is 3.27. The average Bonchev–Trinajstić information content (AvgIpc) is 3.22. The molecule has 0 aliphatic carbocycles. The van der Waals surface area contributed by atoms with Crippen LogP contribution in [0.25, 0.3) is 17.0 Å². The van der Waals surface area contributed by atoms with Gasteiger partial charge in [0.2, 0.25) is 5.91 Å². The van der Waals surface area contributed by atoms with E-state index in [2.05, 4.69) is 11.4 Å². The molecule has 3 amide bonds. The second kappa shape index (κ2) is 8.45. The SMILES string of the molecule is N#CCn1cc(/C=C2\SC(=O)N(CC(=O)Nc3ccccc3F)C2=O)c2ccccc21. The van der Waals surface area contributed by atoms with E-state index >= 15 is 0 Å². The van der Waals surface area contributed by atoms with E-state index in [1.807, 2.05) is 24.3 Å². The first-order valence-electron chi connectivity index (χ1n) is 9.22. The molecule has 2 aromatic carbocycles. The molecule has 1 aliphatic heterocycles. The summed E-state index contributed by atoms with van der Waals surface area (Å²) in [7, 11) is 0. The fourth-order valence-corrected chi connectivity index (χ4v) is 4.10. The largest absolute Gasteiger partial charge is 0.333 e. The van der Waals surface area contributed by atoms with Crippen molar-refractivity contribution >= 4 is 51.5 Å². The number of benzene rings is 2. The van der Waals surface area contributed by atoms with Gasteiger partial charge < -0.3 is 9.88 Å². The predicted octanol–water partition coefficient (Wildman–Crippen LogP) is 3.98. The van der Waals surface area contributed by atoms with Crippen LogP contribution in [-0.4, -0.2) is 33.1 Å². The first kappa shape index (κ1) is 20.4. The number of rotatable bonds is 5. The van der Waals surface area contributed by atoms with E-state index in [9.17, 15) is 18.8 Å². The number of carbonyl (C=O) groups is 3. The summed E-state index contributed by atoms with van der Waals surface area (Å²) in [6, 6.07) is 15.1. The number of anilines is 1. The fraction of sp³-hybridized carbons (Fsp3) is 0.0909. The van der Waals surface area contributed by atoms with E-state index in [1.54, 1.807) is 22.9 Å². The number of thioether (sulfide) groups is 1. The maximum atomic E-state index is 13.7. The molecule has 1 N–H and O–H groups in total. The van der Waals surface area contributed by atoms with Crippen LogP contribution in [0.3, 0.4) is 0 Å². The molecule has 0 unspecified atom stereocenters. The highest BCUT2D eigenvalue weighted by atomic mass is 32.2. The lowest BCUT2D eigenvalue weighted by Gasteiger charge is -2.12. The highest BCUT2D eigenvalue weighted by molar-refractivity contribution is 8.18. The van der Waals surface area contributed by atoms with Crippen molar-refractivity contribution in [2.75, 3.05) is 11.9 Å². The topological polar surface area (TPSA) is 95.2 Å². The van der Waals surface area contributed by atoms with Gasteiger partial charge >= 0.3 is 0 Å². The molecule has 7 nitrogen and oxygen atoms in total. The van der Waals surface area contributed by atoms with Crippen LogP contribution in [-0.2, 0) is 16.1 Å². The minimum absolute atomic E-state index is 0.0275. The van der Waals surface area contributed by atoms with Crippen LogP contribution >= 0.6 is 11.8 Å². The summed E-state index contributed by atoms with van der Waals surface area (Å²) in [5, 5.41) is 11.6. The molecule has 0 radical (unpaired) electrons. The molecular weight excluding hydrogens is 419 g/mol. The van der Waals surface area contributed by atoms with E-state index in [0.717, 1.165) is 27.6 Å². The van der Waals surface area contributed by atoms with Gasteiger partial charge in [-0.05, 0) is 36.0 Å². The van der Waals surface area contributed by atoms with Crippen molar-refractivity contribution in [2.45, 2.75) is 6.54 Å². The third-order valence-corrected chi connectivity index (χ3v) is 5.58. The lowest BCUT2D eigenvalue weighted by atomic mass is 10.1. The molecule has 1 aliphatic rings. The van der Waals surface area contributed by atoms with Gasteiger partial charge in [-0.15, -0.1) is 0 Å². The Labute approximate surface area is 180 Å². The number of fused-ring (bicyclic) bond motifs is 1. The van der Waals surface area contributed by atoms with Crippen molar-refractivity contribution < 1.29 is 18.8 Å². The number of nitriles is 1. The summed E-state index contributed by atoms with van der Waals surface area (Å²) < 4.78 is 15.5. The number of carbonyl (C=O) groups excluding carboxylic acids is 3. The molecule has 0 bridgehead atoms. The van der Waals surface area contributed by atoms with Crippen LogP contribution in [0, 0.1) is 17.1 Å². The average molecular weight is 434 g/mol. The number of hydrogen-bond acceptors (Lipinski definition) is 5. The van der Waals surface area contributed by atoms with Crippen LogP contribution in [0.1, 0.15) is 5.56 Å². The van der Waals surface area contributed by atoms with Crippen molar-refractivity contribution in [3.8, 4) is 6.07 Å². The van der Waals surface area contributed by atoms with Crippen molar-refractivity contribution in [3.05, 3.63) is 71.0 Å². The Bertz CT molecular complexity index is 1290. The smallest absolute Gasteiger partial charge is 0.294 e. The zero-order valence-corrected chi connectivity index (χ0v) is 16.9. The third-order valence-electron chi connectivity index (χ3n) is 4.67. The predicted molar refractivity (Wildman–Crippen MR) is 115 cm³/mol. The quantitative estimate of drug-likeness (QED) is 0.613. The van der Waals surface area contributed by atoms with Crippen LogP contribution in [0.5, 0.6) is 0 Å². The highest BCUT2D eigenvalue weighted by Gasteiger charge is 2.36. The second-order valence-electron chi connectivity index (χ2n) is 6.68. The minimum atomic E-state index is -0.681. The summed E-state index contributed by atoms with van der Waals surface area (Å²) in [6.45, 7) is -0.376. The summed E-state index contributed by atoms with van der Waals surface area (Å²) in [6.07, 6.45) is 3.32. The van der Waals surface area contributed by atoms with Crippen molar-refractivity contribution in [2.24, 2.45) is 0 Å². The molecule has 0 atom stereocenters. The first-order valence-corrected chi connectivity index (χ1v) is 10.0. The Hall–Kier alpha value is -3.90. The molecule has 154 valence electrons. The summed E-state index contributed by atoms with van der Waals surface area (Å²) in [5.74, 6) is -1.89. The molecule has 0 spiro atoms. The highest BCUT2D eigenvalue weighted by Crippen LogP contribution is 2.34. The molecule has 1 fully saturated rings. The number of aromatic nitrogens is 1. The van der Waals surface area contributed by atoms with E-state index in [4.69, 9.17) is 5.26 Å². The zero-order valence-electron chi connectivity index (χ0n) is 16.0. The first-order chi connectivity index (χ1) is 15.0. The number of imide groups is 1. The Kier molecular flexibility index (Phi) is 5.56. The van der Waals surface area contributed by atoms with Crippen molar-refractivity contribution in [3.63, 3.8) is 0 Å². The maximum absolute atomic E-state index is 13.7. The Balaban J connectivity index is 1.55. The summed E-state index contributed by atoms with van der Waals surface area (Å²) in [4.78, 5) is 38.3. The molecule has 0 saturated carbocycles. The molecule has 4 rings (SSSR count). The summed E-state index contributed by atoms with van der Waals surface area (Å²) >= 11 is 0.729. The van der Waals surface area contributed by atoms with Gasteiger partial charge in [-0.1, -0.05) is 30.3 Å². The van der Waals surface area contributed by atoms with Crippen molar-refractivity contribution in [1.29, 1.82) is 5.26 Å². The standard InChI is InChI=1S/C22H15FN4O3S/c23-16-6-2-3-7-17(16)25-20(28)13-27-21(29)19(31-22(27)30)11-14-12-26(10-9-24)18-8-4-1-5-15(14)18/h1-8,11-12H,10,13H2,(H,25,28)/b19-11-. The normalized spacial score (nSPS) is 15.0. The molecule has 3 aromatic rings. The van der Waals surface area contributed by atoms with E-state index in [1.165, 1.54) is 18.2 Å². The van der Waals surface area contributed by atoms with Gasteiger partial charge in [0.1, 0.15) is 18.9 Å². The lowest BCUT2D eigenvalue weighted by Crippen LogP contribution is -2.36. The Morgan fingerprint density at radius 2 is 1.90 bits per heavy atom. The molecule has 1 saturated heterocycles. The molecule has 9 heteroatoms. The second-order valence-corrected chi connectivity index (χ2v) is 7.68. The Morgan fingerprint density at radius 3 is 2.68 bits per heavy atom. The number of para-hydroxylation sites is 2. The number of halogens is 1. The number of amides is 3. The Morgan fingerprint density at radius 1 is 1.16 bits per heavy atom. The minimum Gasteiger partial charge on any atom is -0.333 e. The summed E-state index contributed by atoms with van der Waals surface area (Å²) in [5.41, 5.74) is 1.49. The molecule has 2 heterocycles. The zero-order chi connectivity index (χ0) is 22.0. The van der Waals surface area contributed by atoms with Crippen LogP contribution in [0.2, 0.25) is 0 Å². The van der Waals surface area contributed by atoms with Gasteiger partial charge in [-0.3, -0.25) is 19.3 Å². The van der Waals surface area contributed by atoms with Crippen molar-refractivity contribution in [1.82, 2.24) is 9.47 Å². The number of nitrogens with zero attached hydrogens (tertiary/aromatic N) is 3. The van der Waals surface area contributed by atoms with Gasteiger partial charge in [0, 0.05) is 22.7 Å². The van der Waals surface area contributed by atoms with E-state index < -0.39 is 29.4 Å². The number of hydrogen-bond donors (Lipinski definition) is 1. The van der Waals surface area contributed by atoms with E-state index in [0.29, 0.717) is 5.56 Å². The molecule has 31 heavy (non-hydrogen) atoms. The van der Waals surface area contributed by atoms with Gasteiger partial charge in [0.15, 0.2) is 0 Å². The van der Waals surface area contributed by atoms with Gasteiger partial charge in [-0.25, -0.2) is 4.39 Å². The maximum Gasteiger partial charge on any atom is 0.294 e. The molecular formula is C22H15FN4O3S. The monoisotopic (exact) mass is 434 g/mol. The third kappa shape index (κ3) is 4.06. The van der Waals surface area contributed by atoms with Gasteiger partial charge in [0.05, 0.1) is 16.7 Å². The van der Waals surface area contributed by atoms with Gasteiger partial charge in [0.25, 0.3) is 11.1 Å². The molecule has 1 aromatic heterocycles. The van der Waals surface area contributed by atoms with E-state index in [-0.39, 0.29) is 17.1 Å². The van der Waals surface area contributed by atoms with Crippen LogP contribution in [0.4, 0.5) is 14.9 Å².